The van der Waals surface area contributed by atoms with Gasteiger partial charge in [0.15, 0.2) is 5.58 Å². The molecule has 0 bridgehead atoms. The zero-order chi connectivity index (χ0) is 12.4. The Morgan fingerprint density at radius 2 is 2.22 bits per heavy atom. The van der Waals surface area contributed by atoms with Gasteiger partial charge in [0, 0.05) is 11.9 Å². The lowest BCUT2D eigenvalue weighted by molar-refractivity contribution is 0.555. The van der Waals surface area contributed by atoms with Gasteiger partial charge in [-0.1, -0.05) is 6.07 Å². The van der Waals surface area contributed by atoms with Crippen molar-refractivity contribution in [2.45, 2.75) is 6.54 Å². The molecular weight excluding hydrogens is 230 g/mol. The average Bonchev–Trinajstić information content (AvgIpc) is 2.77. The van der Waals surface area contributed by atoms with Gasteiger partial charge >= 0.3 is 5.76 Å². The Morgan fingerprint density at radius 1 is 1.28 bits per heavy atom. The van der Waals surface area contributed by atoms with Crippen LogP contribution in [0.15, 0.2) is 51.8 Å². The number of pyridine rings is 1. The van der Waals surface area contributed by atoms with Gasteiger partial charge in [0.25, 0.3) is 0 Å². The first kappa shape index (κ1) is 10.6. The first-order valence-electron chi connectivity index (χ1n) is 5.58. The molecule has 2 heterocycles. The average molecular weight is 241 g/mol. The maximum absolute atomic E-state index is 11.0. The van der Waals surface area contributed by atoms with E-state index in [0.29, 0.717) is 17.6 Å². The predicted molar refractivity (Wildman–Crippen MR) is 68.4 cm³/mol. The Bertz CT molecular complexity index is 716. The highest BCUT2D eigenvalue weighted by Crippen LogP contribution is 2.16. The summed E-state index contributed by atoms with van der Waals surface area (Å²) in [4.78, 5) is 17.9. The van der Waals surface area contributed by atoms with E-state index < -0.39 is 5.76 Å². The number of aromatic nitrogens is 2. The number of hydrogen-bond donors (Lipinski definition) is 2. The zero-order valence-electron chi connectivity index (χ0n) is 9.51. The van der Waals surface area contributed by atoms with Gasteiger partial charge in [0.1, 0.15) is 0 Å². The first-order valence-corrected chi connectivity index (χ1v) is 5.58. The maximum atomic E-state index is 11.0. The van der Waals surface area contributed by atoms with Crippen LogP contribution in [0.5, 0.6) is 0 Å². The SMILES string of the molecule is O=c1[nH]c2cc(NCc3ccccn3)ccc2o1. The largest absolute Gasteiger partial charge is 0.417 e. The molecule has 2 N–H and O–H groups in total. The van der Waals surface area contributed by atoms with Crippen molar-refractivity contribution in [2.24, 2.45) is 0 Å². The van der Waals surface area contributed by atoms with Crippen LogP contribution in [0, 0.1) is 0 Å². The second-order valence-electron chi connectivity index (χ2n) is 3.90. The summed E-state index contributed by atoms with van der Waals surface area (Å²) in [5.74, 6) is -0.438. The van der Waals surface area contributed by atoms with E-state index in [0.717, 1.165) is 11.4 Å². The van der Waals surface area contributed by atoms with Crippen molar-refractivity contribution in [3.05, 3.63) is 58.8 Å². The summed E-state index contributed by atoms with van der Waals surface area (Å²) >= 11 is 0. The van der Waals surface area contributed by atoms with Crippen LogP contribution < -0.4 is 11.1 Å². The number of nitrogens with zero attached hydrogens (tertiary/aromatic N) is 1. The lowest BCUT2D eigenvalue weighted by Gasteiger charge is -2.05. The summed E-state index contributed by atoms with van der Waals surface area (Å²) in [6, 6.07) is 11.2. The molecule has 5 nitrogen and oxygen atoms in total. The fraction of sp³-hybridized carbons (Fsp3) is 0.0769. The van der Waals surface area contributed by atoms with Crippen molar-refractivity contribution >= 4 is 16.8 Å². The van der Waals surface area contributed by atoms with Gasteiger partial charge in [-0.05, 0) is 30.3 Å². The Labute approximate surface area is 102 Å². The smallest absolute Gasteiger partial charge is 0.408 e. The van der Waals surface area contributed by atoms with Crippen molar-refractivity contribution in [1.29, 1.82) is 0 Å². The number of nitrogens with one attached hydrogen (secondary N) is 2. The fourth-order valence-corrected chi connectivity index (χ4v) is 1.76. The molecule has 0 fully saturated rings. The second-order valence-corrected chi connectivity index (χ2v) is 3.90. The van der Waals surface area contributed by atoms with Crippen molar-refractivity contribution in [3.63, 3.8) is 0 Å². The van der Waals surface area contributed by atoms with Gasteiger partial charge in [-0.2, -0.15) is 0 Å². The number of aromatic amines is 1. The number of hydrogen-bond acceptors (Lipinski definition) is 4. The quantitative estimate of drug-likeness (QED) is 0.736. The Morgan fingerprint density at radius 3 is 3.06 bits per heavy atom. The molecule has 1 aromatic carbocycles. The van der Waals surface area contributed by atoms with Crippen LogP contribution in [0.2, 0.25) is 0 Å². The fourth-order valence-electron chi connectivity index (χ4n) is 1.76. The highest BCUT2D eigenvalue weighted by atomic mass is 16.4. The molecule has 90 valence electrons. The van der Waals surface area contributed by atoms with Crippen LogP contribution in [0.25, 0.3) is 11.1 Å². The molecule has 0 aliphatic carbocycles. The number of benzene rings is 1. The van der Waals surface area contributed by atoms with E-state index in [4.69, 9.17) is 4.42 Å². The van der Waals surface area contributed by atoms with Crippen LogP contribution in [0.3, 0.4) is 0 Å². The molecule has 3 rings (SSSR count). The molecule has 2 aromatic heterocycles. The first-order chi connectivity index (χ1) is 8.81. The second kappa shape index (κ2) is 4.37. The molecule has 0 saturated heterocycles. The summed E-state index contributed by atoms with van der Waals surface area (Å²) in [6.45, 7) is 0.633. The van der Waals surface area contributed by atoms with Crippen LogP contribution >= 0.6 is 0 Å². The van der Waals surface area contributed by atoms with Gasteiger partial charge in [-0.3, -0.25) is 9.97 Å². The molecule has 0 saturated carbocycles. The van der Waals surface area contributed by atoms with Gasteiger partial charge in [-0.25, -0.2) is 4.79 Å². The number of rotatable bonds is 3. The van der Waals surface area contributed by atoms with Crippen molar-refractivity contribution in [1.82, 2.24) is 9.97 Å². The minimum Gasteiger partial charge on any atom is -0.408 e. The molecule has 0 amide bonds. The lowest BCUT2D eigenvalue weighted by atomic mass is 10.2. The molecular formula is C13H11N3O2. The summed E-state index contributed by atoms with van der Waals surface area (Å²) in [5, 5.41) is 3.24. The van der Waals surface area contributed by atoms with Crippen molar-refractivity contribution < 1.29 is 4.42 Å². The monoisotopic (exact) mass is 241 g/mol. The third-order valence-corrected chi connectivity index (χ3v) is 2.62. The van der Waals surface area contributed by atoms with Gasteiger partial charge in [0.2, 0.25) is 0 Å². The van der Waals surface area contributed by atoms with Gasteiger partial charge in [-0.15, -0.1) is 0 Å². The van der Waals surface area contributed by atoms with Crippen LogP contribution in [-0.4, -0.2) is 9.97 Å². The molecule has 3 aromatic rings. The minimum atomic E-state index is -0.438. The van der Waals surface area contributed by atoms with E-state index in [-0.39, 0.29) is 0 Å². The van der Waals surface area contributed by atoms with E-state index in [1.807, 2.05) is 30.3 Å². The Balaban J connectivity index is 1.80. The number of fused-ring (bicyclic) bond motifs is 1. The van der Waals surface area contributed by atoms with E-state index in [1.54, 1.807) is 12.3 Å². The zero-order valence-corrected chi connectivity index (χ0v) is 9.51. The highest BCUT2D eigenvalue weighted by molar-refractivity contribution is 5.76. The number of anilines is 1. The third-order valence-electron chi connectivity index (χ3n) is 2.62. The Kier molecular flexibility index (Phi) is 2.57. The molecule has 0 aliphatic rings. The third kappa shape index (κ3) is 2.10. The standard InChI is InChI=1S/C13H11N3O2/c17-13-16-11-7-9(4-5-12(11)18-13)15-8-10-3-1-2-6-14-10/h1-7,15H,8H2,(H,16,17). The topological polar surface area (TPSA) is 70.9 Å². The Hall–Kier alpha value is -2.56. The summed E-state index contributed by atoms with van der Waals surface area (Å²) < 4.78 is 4.93. The van der Waals surface area contributed by atoms with Gasteiger partial charge in [0.05, 0.1) is 17.8 Å². The predicted octanol–water partition coefficient (Wildman–Crippen LogP) is 2.13. The highest BCUT2D eigenvalue weighted by Gasteiger charge is 2.01. The summed E-state index contributed by atoms with van der Waals surface area (Å²) in [7, 11) is 0. The summed E-state index contributed by atoms with van der Waals surface area (Å²) in [6.07, 6.45) is 1.76. The molecule has 18 heavy (non-hydrogen) atoms. The summed E-state index contributed by atoms with van der Waals surface area (Å²) in [5.41, 5.74) is 3.11. The van der Waals surface area contributed by atoms with Gasteiger partial charge < -0.3 is 9.73 Å². The molecule has 0 unspecified atom stereocenters. The normalized spacial score (nSPS) is 10.7. The van der Waals surface area contributed by atoms with E-state index in [2.05, 4.69) is 15.3 Å². The van der Waals surface area contributed by atoms with E-state index in [1.165, 1.54) is 0 Å². The molecule has 5 heteroatoms. The minimum absolute atomic E-state index is 0.438. The lowest BCUT2D eigenvalue weighted by Crippen LogP contribution is -2.00. The number of H-pyrrole nitrogens is 1. The maximum Gasteiger partial charge on any atom is 0.417 e. The van der Waals surface area contributed by atoms with Crippen LogP contribution in [-0.2, 0) is 6.54 Å². The van der Waals surface area contributed by atoms with Crippen LogP contribution in [0.1, 0.15) is 5.69 Å². The van der Waals surface area contributed by atoms with Crippen LogP contribution in [0.4, 0.5) is 5.69 Å². The molecule has 0 atom stereocenters. The van der Waals surface area contributed by atoms with Crippen molar-refractivity contribution in [2.75, 3.05) is 5.32 Å². The molecule has 0 aliphatic heterocycles. The van der Waals surface area contributed by atoms with E-state index >= 15 is 0 Å². The van der Waals surface area contributed by atoms with Crippen molar-refractivity contribution in [3.8, 4) is 0 Å². The number of oxazole rings is 1. The molecule has 0 spiro atoms. The van der Waals surface area contributed by atoms with E-state index in [9.17, 15) is 4.79 Å². The molecule has 0 radical (unpaired) electrons.